The van der Waals surface area contributed by atoms with Crippen molar-refractivity contribution in [2.24, 2.45) is 5.92 Å². The lowest BCUT2D eigenvalue weighted by atomic mass is 9.86. The third-order valence-corrected chi connectivity index (χ3v) is 14.7. The Labute approximate surface area is 391 Å². The molecule has 1 saturated carbocycles. The van der Waals surface area contributed by atoms with Gasteiger partial charge in [0.05, 0.1) is 30.0 Å². The molecule has 4 N–H and O–H groups in total. The van der Waals surface area contributed by atoms with Crippen LogP contribution in [0.3, 0.4) is 0 Å². The molecule has 5 amide bonds. The van der Waals surface area contributed by atoms with Crippen molar-refractivity contribution in [3.63, 3.8) is 0 Å². The number of hydrogen-bond donors (Lipinski definition) is 4. The van der Waals surface area contributed by atoms with Gasteiger partial charge in [-0.15, -0.1) is 0 Å². The van der Waals surface area contributed by atoms with Crippen molar-refractivity contribution in [1.29, 1.82) is 0 Å². The SMILES string of the molecule is O=C1CC[C@H](N2C(=O)c3cccc([C@@H](C(=O)O)N4[C@@H](CC5CCN(c6ccc(Nc7ncnc8c7ncn8C7CC(NC(=O)Cc8ccccc8)C7)cc6)CC5)N5CCN4CC5)c3C2=O)C(=O)N1. The summed E-state index contributed by atoms with van der Waals surface area (Å²) in [4.78, 5) is 97.9. The fourth-order valence-corrected chi connectivity index (χ4v) is 11.2. The molecule has 3 atom stereocenters. The van der Waals surface area contributed by atoms with Gasteiger partial charge in [0.2, 0.25) is 17.7 Å². The van der Waals surface area contributed by atoms with Crippen LogP contribution in [0.1, 0.15) is 88.9 Å². The first-order chi connectivity index (χ1) is 33.1. The topological polar surface area (TPSA) is 219 Å². The highest BCUT2D eigenvalue weighted by Gasteiger charge is 2.51. The molecule has 0 spiro atoms. The summed E-state index contributed by atoms with van der Waals surface area (Å²) in [7, 11) is 0. The van der Waals surface area contributed by atoms with E-state index in [0.717, 1.165) is 85.8 Å². The molecule has 7 aliphatic rings. The Morgan fingerprint density at radius 2 is 1.59 bits per heavy atom. The monoisotopic (exact) mass is 920 g/mol. The van der Waals surface area contributed by atoms with E-state index in [0.29, 0.717) is 36.8 Å². The fourth-order valence-electron chi connectivity index (χ4n) is 11.2. The van der Waals surface area contributed by atoms with Crippen LogP contribution in [0.4, 0.5) is 17.2 Å². The van der Waals surface area contributed by atoms with Crippen LogP contribution < -0.4 is 20.9 Å². The molecule has 8 heterocycles. The molecule has 68 heavy (non-hydrogen) atoms. The van der Waals surface area contributed by atoms with Crippen LogP contribution in [0.5, 0.6) is 0 Å². The Morgan fingerprint density at radius 3 is 2.32 bits per heavy atom. The maximum absolute atomic E-state index is 14.1. The molecule has 5 aromatic rings. The van der Waals surface area contributed by atoms with Crippen LogP contribution in [0, 0.1) is 5.92 Å². The molecule has 5 saturated heterocycles. The number of imide groups is 2. The third-order valence-electron chi connectivity index (χ3n) is 14.7. The number of carboxylic acid groups (broad SMARTS) is 1. The highest BCUT2D eigenvalue weighted by Crippen LogP contribution is 2.41. The first-order valence-electron chi connectivity index (χ1n) is 23.6. The molecule has 0 unspecified atom stereocenters. The Hall–Kier alpha value is -7.09. The lowest BCUT2D eigenvalue weighted by Gasteiger charge is -2.57. The van der Waals surface area contributed by atoms with Gasteiger partial charge in [0.15, 0.2) is 17.0 Å². The minimum atomic E-state index is -1.25. The summed E-state index contributed by atoms with van der Waals surface area (Å²) in [6.07, 6.45) is 7.64. The van der Waals surface area contributed by atoms with Crippen LogP contribution in [0.15, 0.2) is 85.5 Å². The average Bonchev–Trinajstić information content (AvgIpc) is 3.87. The van der Waals surface area contributed by atoms with Crippen molar-refractivity contribution in [3.8, 4) is 0 Å². The van der Waals surface area contributed by atoms with Crippen molar-refractivity contribution in [2.75, 3.05) is 49.5 Å². The van der Waals surface area contributed by atoms with Gasteiger partial charge in [-0.3, -0.25) is 43.9 Å². The maximum atomic E-state index is 14.1. The summed E-state index contributed by atoms with van der Waals surface area (Å²) in [6, 6.07) is 20.6. The molecule has 2 aromatic heterocycles. The van der Waals surface area contributed by atoms with Crippen molar-refractivity contribution in [1.82, 2.24) is 50.0 Å². The quantitative estimate of drug-likeness (QED) is 0.124. The van der Waals surface area contributed by atoms with E-state index in [1.54, 1.807) is 24.8 Å². The number of aromatic nitrogens is 4. The summed E-state index contributed by atoms with van der Waals surface area (Å²) in [5.41, 5.74) is 4.67. The molecule has 350 valence electrons. The van der Waals surface area contributed by atoms with E-state index in [1.165, 1.54) is 6.07 Å². The summed E-state index contributed by atoms with van der Waals surface area (Å²) >= 11 is 0. The second kappa shape index (κ2) is 17.9. The van der Waals surface area contributed by atoms with E-state index in [4.69, 9.17) is 0 Å². The molecule has 2 bridgehead atoms. The first kappa shape index (κ1) is 43.5. The number of piperidine rings is 2. The summed E-state index contributed by atoms with van der Waals surface area (Å²) in [5, 5.41) is 23.8. The number of carbonyl (C=O) groups is 6. The predicted molar refractivity (Wildman–Crippen MR) is 247 cm³/mol. The number of carbonyl (C=O) groups excluding carboxylic acids is 5. The number of fused-ring (bicyclic) bond motifs is 5. The van der Waals surface area contributed by atoms with Crippen LogP contribution in [0.25, 0.3) is 11.2 Å². The minimum Gasteiger partial charge on any atom is -0.480 e. The number of anilines is 3. The number of nitrogens with zero attached hydrogens (tertiary/aromatic N) is 9. The number of piperazine rings is 1. The minimum absolute atomic E-state index is 0.00276. The van der Waals surface area contributed by atoms with Crippen molar-refractivity contribution >= 4 is 63.9 Å². The zero-order valence-corrected chi connectivity index (χ0v) is 37.4. The average molecular weight is 921 g/mol. The standard InChI is InChI=1S/C49H52N12O7/c62-38-14-13-37(46(64)55-38)60-47(65)36-8-4-7-35(41(36)48(60)66)43(49(67)68)61-40(57-19-21-58(61)22-20-57)24-30-15-17-56(18-16-30)33-11-9-31(10-12-33)54-44-42-45(51-27-50-44)59(28-52-42)34-25-32(26-34)53-39(63)23-29-5-2-1-3-6-29/h1-12,27-28,30,32,34,37,40,43H,13-26H2,(H,53,63)(H,67,68)(H,50,51,54)(H,55,62,64)/t32?,34?,37-,40-,43-/m0/s1. The van der Waals surface area contributed by atoms with E-state index in [2.05, 4.69) is 62.4 Å². The first-order valence-corrected chi connectivity index (χ1v) is 23.6. The molecule has 1 aliphatic carbocycles. The molecular formula is C49H52N12O7. The number of amides is 5. The number of benzene rings is 3. The zero-order chi connectivity index (χ0) is 46.6. The molecule has 19 nitrogen and oxygen atoms in total. The van der Waals surface area contributed by atoms with E-state index in [1.807, 2.05) is 47.5 Å². The molecule has 3 aromatic carbocycles. The summed E-state index contributed by atoms with van der Waals surface area (Å²) in [5.74, 6) is -2.74. The lowest BCUT2D eigenvalue weighted by Crippen LogP contribution is -2.70. The van der Waals surface area contributed by atoms with Crippen molar-refractivity contribution in [3.05, 3.63) is 108 Å². The Balaban J connectivity index is 0.723. The molecular weight excluding hydrogens is 869 g/mol. The van der Waals surface area contributed by atoms with Gasteiger partial charge in [-0.1, -0.05) is 42.5 Å². The van der Waals surface area contributed by atoms with Gasteiger partial charge in [-0.2, -0.15) is 0 Å². The highest BCUT2D eigenvalue weighted by molar-refractivity contribution is 6.24. The number of imidazole rings is 1. The highest BCUT2D eigenvalue weighted by atomic mass is 16.4. The van der Waals surface area contributed by atoms with Gasteiger partial charge >= 0.3 is 5.97 Å². The largest absolute Gasteiger partial charge is 0.480 e. The number of carboxylic acids is 1. The zero-order valence-electron chi connectivity index (χ0n) is 37.4. The van der Waals surface area contributed by atoms with E-state index in [-0.39, 0.29) is 53.7 Å². The third kappa shape index (κ3) is 8.02. The van der Waals surface area contributed by atoms with Crippen molar-refractivity contribution in [2.45, 2.75) is 81.7 Å². The Bertz CT molecular complexity index is 2800. The van der Waals surface area contributed by atoms with Gasteiger partial charge in [-0.05, 0) is 85.9 Å². The fraction of sp³-hybridized carbons (Fsp3) is 0.408. The summed E-state index contributed by atoms with van der Waals surface area (Å²) < 4.78 is 2.07. The molecule has 0 radical (unpaired) electrons. The van der Waals surface area contributed by atoms with Gasteiger partial charge in [0, 0.05) is 69.1 Å². The number of rotatable bonds is 13. The van der Waals surface area contributed by atoms with E-state index >= 15 is 0 Å². The normalized spacial score (nSPS) is 25.5. The second-order valence-corrected chi connectivity index (χ2v) is 18.7. The number of nitrogens with one attached hydrogen (secondary N) is 3. The van der Waals surface area contributed by atoms with Gasteiger partial charge in [0.25, 0.3) is 11.8 Å². The van der Waals surface area contributed by atoms with Gasteiger partial charge in [0.1, 0.15) is 18.4 Å². The number of aliphatic carboxylic acids is 1. The maximum Gasteiger partial charge on any atom is 0.327 e. The van der Waals surface area contributed by atoms with Gasteiger partial charge in [-0.25, -0.2) is 25.0 Å². The van der Waals surface area contributed by atoms with Crippen LogP contribution in [0.2, 0.25) is 0 Å². The van der Waals surface area contributed by atoms with Crippen LogP contribution in [-0.4, -0.2) is 137 Å². The number of hydrogen-bond acceptors (Lipinski definition) is 14. The predicted octanol–water partition coefficient (Wildman–Crippen LogP) is 3.64. The molecule has 19 heteroatoms. The van der Waals surface area contributed by atoms with Gasteiger partial charge < -0.3 is 25.2 Å². The summed E-state index contributed by atoms with van der Waals surface area (Å²) in [6.45, 7) is 4.52. The van der Waals surface area contributed by atoms with Crippen LogP contribution >= 0.6 is 0 Å². The lowest BCUT2D eigenvalue weighted by molar-refractivity contribution is -0.226. The van der Waals surface area contributed by atoms with E-state index in [9.17, 15) is 33.9 Å². The molecule has 6 aliphatic heterocycles. The molecule has 12 rings (SSSR count). The second-order valence-electron chi connectivity index (χ2n) is 18.7. The smallest absolute Gasteiger partial charge is 0.327 e. The van der Waals surface area contributed by atoms with E-state index < -0.39 is 41.7 Å². The van der Waals surface area contributed by atoms with Crippen LogP contribution in [-0.2, 0) is 25.6 Å². The molecule has 6 fully saturated rings. The van der Waals surface area contributed by atoms with Crippen molar-refractivity contribution < 1.29 is 33.9 Å². The Kier molecular flexibility index (Phi) is 11.4. The number of hydrazine groups is 1. The Morgan fingerprint density at radius 1 is 0.824 bits per heavy atom.